The quantitative estimate of drug-likeness (QED) is 0.451. The number of benzene rings is 2. The third-order valence-electron chi connectivity index (χ3n) is 5.85. The topological polar surface area (TPSA) is 55.6 Å². The molecule has 1 atom stereocenters. The minimum atomic E-state index is -0.0345. The fourth-order valence-electron chi connectivity index (χ4n) is 4.17. The lowest BCUT2D eigenvalue weighted by molar-refractivity contribution is 0.167. The van der Waals surface area contributed by atoms with Crippen LogP contribution < -0.4 is 10.2 Å². The van der Waals surface area contributed by atoms with Gasteiger partial charge in [-0.25, -0.2) is 0 Å². The molecule has 5 rings (SSSR count). The molecule has 0 radical (unpaired) electrons. The molecule has 31 heavy (non-hydrogen) atoms. The minimum Gasteiger partial charge on any atom is -0.492 e. The molecule has 2 aromatic carbocycles. The number of para-hydroxylation sites is 1. The van der Waals surface area contributed by atoms with Gasteiger partial charge in [-0.05, 0) is 73.5 Å². The Morgan fingerprint density at radius 2 is 1.84 bits per heavy atom. The van der Waals surface area contributed by atoms with E-state index in [1.165, 1.54) is 12.0 Å². The Bertz CT molecular complexity index is 1220. The zero-order chi connectivity index (χ0) is 21.0. The van der Waals surface area contributed by atoms with Crippen LogP contribution in [0, 0.1) is 0 Å². The van der Waals surface area contributed by atoms with E-state index in [-0.39, 0.29) is 5.43 Å². The van der Waals surface area contributed by atoms with E-state index in [0.717, 1.165) is 30.8 Å². The zero-order valence-corrected chi connectivity index (χ0v) is 17.2. The number of fused-ring (bicyclic) bond motifs is 1. The van der Waals surface area contributed by atoms with Crippen molar-refractivity contribution in [1.82, 2.24) is 9.88 Å². The molecule has 1 saturated heterocycles. The summed E-state index contributed by atoms with van der Waals surface area (Å²) in [6, 6.07) is 21.2. The number of aromatic nitrogens is 1. The molecular weight excluding hydrogens is 388 g/mol. The van der Waals surface area contributed by atoms with Crippen LogP contribution >= 0.6 is 0 Å². The third kappa shape index (κ3) is 4.37. The molecule has 156 valence electrons. The Balaban J connectivity index is 1.25. The summed E-state index contributed by atoms with van der Waals surface area (Å²) in [5.41, 5.74) is 2.70. The highest BCUT2D eigenvalue weighted by molar-refractivity contribution is 5.78. The van der Waals surface area contributed by atoms with Gasteiger partial charge in [-0.2, -0.15) is 0 Å². The molecule has 0 bridgehead atoms. The molecule has 5 nitrogen and oxygen atoms in total. The molecule has 2 aromatic heterocycles. The van der Waals surface area contributed by atoms with Gasteiger partial charge in [0.25, 0.3) is 0 Å². The lowest BCUT2D eigenvalue weighted by Gasteiger charge is -2.24. The van der Waals surface area contributed by atoms with Crippen LogP contribution in [0.2, 0.25) is 0 Å². The first kappa shape index (κ1) is 19.5. The molecular formula is C26H24N2O3. The largest absolute Gasteiger partial charge is 0.492 e. The van der Waals surface area contributed by atoms with Gasteiger partial charge in [0.15, 0.2) is 5.43 Å². The van der Waals surface area contributed by atoms with Crippen molar-refractivity contribution in [3.63, 3.8) is 0 Å². The second kappa shape index (κ2) is 8.74. The van der Waals surface area contributed by atoms with Crippen molar-refractivity contribution in [2.45, 2.75) is 25.4 Å². The van der Waals surface area contributed by atoms with E-state index in [1.807, 2.05) is 54.9 Å². The van der Waals surface area contributed by atoms with Crippen molar-refractivity contribution in [2.24, 2.45) is 0 Å². The van der Waals surface area contributed by atoms with Gasteiger partial charge in [-0.3, -0.25) is 14.7 Å². The fourth-order valence-corrected chi connectivity index (χ4v) is 4.17. The first-order valence-corrected chi connectivity index (χ1v) is 10.7. The van der Waals surface area contributed by atoms with Gasteiger partial charge in [0, 0.05) is 36.6 Å². The molecule has 1 aliphatic heterocycles. The smallest absolute Gasteiger partial charge is 0.193 e. The number of hydrogen-bond donors (Lipinski definition) is 0. The van der Waals surface area contributed by atoms with E-state index < -0.39 is 0 Å². The van der Waals surface area contributed by atoms with Crippen LogP contribution in [0.4, 0.5) is 0 Å². The number of nitrogens with zero attached hydrogens (tertiary/aromatic N) is 2. The molecule has 1 aliphatic rings. The molecule has 0 spiro atoms. The highest BCUT2D eigenvalue weighted by atomic mass is 16.5. The highest BCUT2D eigenvalue weighted by Gasteiger charge is 2.25. The maximum atomic E-state index is 12.4. The predicted molar refractivity (Wildman–Crippen MR) is 121 cm³/mol. The van der Waals surface area contributed by atoms with E-state index in [9.17, 15) is 4.79 Å². The summed E-state index contributed by atoms with van der Waals surface area (Å²) in [7, 11) is 0. The van der Waals surface area contributed by atoms with Crippen LogP contribution in [-0.2, 0) is 6.54 Å². The molecule has 1 fully saturated rings. The molecule has 0 N–H and O–H groups in total. The molecule has 3 heterocycles. The van der Waals surface area contributed by atoms with Gasteiger partial charge in [0.05, 0.1) is 5.39 Å². The molecule has 0 saturated carbocycles. The van der Waals surface area contributed by atoms with Gasteiger partial charge < -0.3 is 9.15 Å². The lowest BCUT2D eigenvalue weighted by atomic mass is 10.1. The summed E-state index contributed by atoms with van der Waals surface area (Å²) < 4.78 is 12.0. The zero-order valence-electron chi connectivity index (χ0n) is 17.2. The van der Waals surface area contributed by atoms with Crippen molar-refractivity contribution >= 4 is 11.0 Å². The van der Waals surface area contributed by atoms with Crippen molar-refractivity contribution < 1.29 is 9.15 Å². The number of pyridine rings is 1. The maximum Gasteiger partial charge on any atom is 0.193 e. The number of ether oxygens (including phenoxy) is 1. The summed E-state index contributed by atoms with van der Waals surface area (Å²) in [6.07, 6.45) is 6.02. The summed E-state index contributed by atoms with van der Waals surface area (Å²) >= 11 is 0. The molecule has 0 aliphatic carbocycles. The standard InChI is InChI=1S/C26H24N2O3/c29-24-16-26(31-25-6-2-1-5-23(24)25)20-7-9-22(10-8-20)30-18-21-4-3-15-28(21)17-19-11-13-27-14-12-19/h1-2,5-14,16,21H,3-4,15,17-18H2/t21-/m0/s1. The fraction of sp³-hybridized carbons (Fsp3) is 0.231. The van der Waals surface area contributed by atoms with Crippen molar-refractivity contribution in [1.29, 1.82) is 0 Å². The van der Waals surface area contributed by atoms with Gasteiger partial charge >= 0.3 is 0 Å². The van der Waals surface area contributed by atoms with E-state index in [0.29, 0.717) is 29.4 Å². The van der Waals surface area contributed by atoms with Crippen molar-refractivity contribution in [2.75, 3.05) is 13.2 Å². The average Bonchev–Trinajstić information content (AvgIpc) is 3.25. The van der Waals surface area contributed by atoms with E-state index in [4.69, 9.17) is 9.15 Å². The summed E-state index contributed by atoms with van der Waals surface area (Å²) in [5, 5.41) is 0.596. The van der Waals surface area contributed by atoms with E-state index >= 15 is 0 Å². The van der Waals surface area contributed by atoms with Crippen LogP contribution in [0.5, 0.6) is 5.75 Å². The summed E-state index contributed by atoms with van der Waals surface area (Å²) in [5.74, 6) is 1.39. The monoisotopic (exact) mass is 412 g/mol. The number of likely N-dealkylation sites (tertiary alicyclic amines) is 1. The van der Waals surface area contributed by atoms with Crippen molar-refractivity contribution in [3.8, 4) is 17.1 Å². The first-order chi connectivity index (χ1) is 15.3. The highest BCUT2D eigenvalue weighted by Crippen LogP contribution is 2.25. The second-order valence-electron chi connectivity index (χ2n) is 7.93. The van der Waals surface area contributed by atoms with Gasteiger partial charge in [0.2, 0.25) is 0 Å². The van der Waals surface area contributed by atoms with Crippen LogP contribution in [0.1, 0.15) is 18.4 Å². The van der Waals surface area contributed by atoms with E-state index in [1.54, 1.807) is 12.1 Å². The molecule has 5 heteroatoms. The van der Waals surface area contributed by atoms with Crippen LogP contribution in [0.3, 0.4) is 0 Å². The average molecular weight is 412 g/mol. The van der Waals surface area contributed by atoms with Gasteiger partial charge in [-0.15, -0.1) is 0 Å². The first-order valence-electron chi connectivity index (χ1n) is 10.7. The van der Waals surface area contributed by atoms with Gasteiger partial charge in [0.1, 0.15) is 23.7 Å². The summed E-state index contributed by atoms with van der Waals surface area (Å²) in [4.78, 5) is 18.9. The van der Waals surface area contributed by atoms with Crippen LogP contribution in [0.15, 0.2) is 88.3 Å². The Hall–Kier alpha value is -3.44. The normalized spacial score (nSPS) is 16.6. The van der Waals surface area contributed by atoms with Crippen molar-refractivity contribution in [3.05, 3.63) is 94.9 Å². The Kier molecular flexibility index (Phi) is 5.50. The SMILES string of the molecule is O=c1cc(-c2ccc(OC[C@@H]3CCCN3Cc3ccncc3)cc2)oc2ccccc12. The number of hydrogen-bond acceptors (Lipinski definition) is 5. The predicted octanol–water partition coefficient (Wildman–Crippen LogP) is 4.90. The molecule has 0 unspecified atom stereocenters. The summed E-state index contributed by atoms with van der Waals surface area (Å²) in [6.45, 7) is 2.68. The number of rotatable bonds is 6. The molecule has 0 amide bonds. The van der Waals surface area contributed by atoms with Gasteiger partial charge in [-0.1, -0.05) is 12.1 Å². The Morgan fingerprint density at radius 3 is 2.68 bits per heavy atom. The van der Waals surface area contributed by atoms with Crippen LogP contribution in [-0.4, -0.2) is 29.1 Å². The lowest BCUT2D eigenvalue weighted by Crippen LogP contribution is -2.33. The van der Waals surface area contributed by atoms with E-state index in [2.05, 4.69) is 22.0 Å². The maximum absolute atomic E-state index is 12.4. The Morgan fingerprint density at radius 1 is 1.03 bits per heavy atom. The molecule has 4 aromatic rings. The van der Waals surface area contributed by atoms with Crippen LogP contribution in [0.25, 0.3) is 22.3 Å². The third-order valence-corrected chi connectivity index (χ3v) is 5.85. The minimum absolute atomic E-state index is 0.0345. The second-order valence-corrected chi connectivity index (χ2v) is 7.93. The Labute approximate surface area is 180 Å².